The smallest absolute Gasteiger partial charge is 0.265 e. The highest BCUT2D eigenvalue weighted by atomic mass is 127. The zero-order valence-corrected chi connectivity index (χ0v) is 16.4. The van der Waals surface area contributed by atoms with Crippen molar-refractivity contribution < 1.29 is 14.8 Å². The average molecular weight is 539 g/mol. The van der Waals surface area contributed by atoms with Crippen LogP contribution in [0.1, 0.15) is 17.2 Å². The molecule has 7 heteroatoms. The molecular formula is C16H15I2NO4. The first kappa shape index (κ1) is 18.6. The Balaban J connectivity index is 2.04. The van der Waals surface area contributed by atoms with Gasteiger partial charge in [0.2, 0.25) is 0 Å². The summed E-state index contributed by atoms with van der Waals surface area (Å²) in [5.41, 5.74) is 1.47. The van der Waals surface area contributed by atoms with Crippen LogP contribution in [0, 0.1) is 17.3 Å². The Morgan fingerprint density at radius 1 is 1.13 bits per heavy atom. The summed E-state index contributed by atoms with van der Waals surface area (Å²) in [4.78, 5) is 10.8. The molecule has 0 saturated heterocycles. The summed E-state index contributed by atoms with van der Waals surface area (Å²) >= 11 is 4.25. The van der Waals surface area contributed by atoms with E-state index >= 15 is 0 Å². The van der Waals surface area contributed by atoms with Crippen LogP contribution in [-0.2, 0) is 11.3 Å². The van der Waals surface area contributed by atoms with Crippen molar-refractivity contribution in [2.75, 3.05) is 6.61 Å². The molecule has 122 valence electrons. The average Bonchev–Trinajstić information content (AvgIpc) is 2.50. The predicted molar refractivity (Wildman–Crippen MR) is 104 cm³/mol. The molecule has 0 unspecified atom stereocenters. The summed E-state index contributed by atoms with van der Waals surface area (Å²) < 4.78 is 7.29. The van der Waals surface area contributed by atoms with Crippen LogP contribution >= 0.6 is 45.2 Å². The van der Waals surface area contributed by atoms with E-state index in [1.807, 2.05) is 36.4 Å². The van der Waals surface area contributed by atoms with Crippen LogP contribution in [0.15, 0.2) is 48.5 Å². The van der Waals surface area contributed by atoms with Gasteiger partial charge in [0.05, 0.1) is 6.61 Å². The number of hydrogen-bond acceptors (Lipinski definition) is 4. The predicted octanol–water partition coefficient (Wildman–Crippen LogP) is 3.79. The summed E-state index contributed by atoms with van der Waals surface area (Å²) in [5.74, 6) is 0. The monoisotopic (exact) mass is 539 g/mol. The van der Waals surface area contributed by atoms with Gasteiger partial charge in [-0.2, -0.15) is 0 Å². The van der Waals surface area contributed by atoms with Gasteiger partial charge in [-0.3, -0.25) is 10.1 Å². The molecule has 0 heterocycles. The number of halogens is 2. The van der Waals surface area contributed by atoms with Crippen LogP contribution in [-0.4, -0.2) is 22.7 Å². The van der Waals surface area contributed by atoms with Crippen LogP contribution in [0.25, 0.3) is 0 Å². The van der Waals surface area contributed by atoms with E-state index < -0.39 is 17.1 Å². The number of aliphatic hydroxyl groups excluding tert-OH is 1. The largest absolute Gasteiger partial charge is 0.381 e. The van der Waals surface area contributed by atoms with E-state index in [0.717, 1.165) is 12.7 Å². The highest BCUT2D eigenvalue weighted by molar-refractivity contribution is 14.1. The summed E-state index contributed by atoms with van der Waals surface area (Å²) in [5, 5.41) is 21.7. The maximum Gasteiger partial charge on any atom is 0.265 e. The summed E-state index contributed by atoms with van der Waals surface area (Å²) in [7, 11) is 0. The second-order valence-electron chi connectivity index (χ2n) is 5.00. The Bertz CT molecular complexity index is 646. The number of aliphatic hydroxyl groups is 1. The van der Waals surface area contributed by atoms with Crippen LogP contribution in [0.4, 0.5) is 0 Å². The first-order valence-corrected chi connectivity index (χ1v) is 9.02. The van der Waals surface area contributed by atoms with Gasteiger partial charge in [0.15, 0.2) is 0 Å². The van der Waals surface area contributed by atoms with E-state index in [-0.39, 0.29) is 13.2 Å². The van der Waals surface area contributed by atoms with E-state index in [1.54, 1.807) is 12.1 Å². The normalized spacial score (nSPS) is 13.5. The molecule has 2 rings (SSSR count). The molecule has 23 heavy (non-hydrogen) atoms. The number of nitrogens with zero attached hydrogens (tertiary/aromatic N) is 1. The third kappa shape index (κ3) is 5.66. The van der Waals surface area contributed by atoms with Crippen molar-refractivity contribution in [1.82, 2.24) is 0 Å². The first-order valence-electron chi connectivity index (χ1n) is 6.86. The number of rotatable bonds is 7. The van der Waals surface area contributed by atoms with Crippen LogP contribution < -0.4 is 0 Å². The molecule has 2 atom stereocenters. The third-order valence-corrected chi connectivity index (χ3v) is 4.51. The maximum atomic E-state index is 11.3. The lowest BCUT2D eigenvalue weighted by molar-refractivity contribution is -0.540. The Morgan fingerprint density at radius 3 is 2.30 bits per heavy atom. The lowest BCUT2D eigenvalue weighted by Crippen LogP contribution is -2.32. The molecule has 2 aromatic rings. The van der Waals surface area contributed by atoms with Crippen molar-refractivity contribution >= 4 is 45.2 Å². The van der Waals surface area contributed by atoms with E-state index in [4.69, 9.17) is 4.74 Å². The number of hydrogen-bond donors (Lipinski definition) is 1. The lowest BCUT2D eigenvalue weighted by atomic mass is 10.0. The van der Waals surface area contributed by atoms with Gasteiger partial charge in [-0.05, 0) is 74.5 Å². The highest BCUT2D eigenvalue weighted by Crippen LogP contribution is 2.24. The maximum absolute atomic E-state index is 11.3. The molecule has 0 radical (unpaired) electrons. The van der Waals surface area contributed by atoms with Gasteiger partial charge >= 0.3 is 0 Å². The molecular weight excluding hydrogens is 524 g/mol. The second kappa shape index (κ2) is 8.90. The van der Waals surface area contributed by atoms with Gasteiger partial charge < -0.3 is 9.84 Å². The topological polar surface area (TPSA) is 72.6 Å². The molecule has 0 aliphatic carbocycles. The van der Waals surface area contributed by atoms with Crippen LogP contribution in [0.2, 0.25) is 0 Å². The van der Waals surface area contributed by atoms with Gasteiger partial charge in [0.25, 0.3) is 6.04 Å². The summed E-state index contributed by atoms with van der Waals surface area (Å²) in [6.45, 7) is 0.132. The number of ether oxygens (including phenoxy) is 1. The van der Waals surface area contributed by atoms with Crippen molar-refractivity contribution in [3.63, 3.8) is 0 Å². The fourth-order valence-corrected chi connectivity index (χ4v) is 4.09. The van der Waals surface area contributed by atoms with Crippen LogP contribution in [0.3, 0.4) is 0 Å². The molecule has 0 spiro atoms. The van der Waals surface area contributed by atoms with Crippen molar-refractivity contribution in [2.45, 2.75) is 18.8 Å². The van der Waals surface area contributed by atoms with E-state index in [9.17, 15) is 15.2 Å². The molecule has 0 aromatic heterocycles. The first-order chi connectivity index (χ1) is 11.0. The number of nitro groups is 1. The fraction of sp³-hybridized carbons (Fsp3) is 0.250. The SMILES string of the molecule is O=[N+]([O-])[C@@H](COCc1ccccc1)[C@H](O)c1cc(I)cc(I)c1. The van der Waals surface area contributed by atoms with Gasteiger partial charge in [-0.15, -0.1) is 0 Å². The molecule has 1 N–H and O–H groups in total. The molecule has 0 amide bonds. The molecule has 0 bridgehead atoms. The Kier molecular flexibility index (Phi) is 7.18. The summed E-state index contributed by atoms with van der Waals surface area (Å²) in [6.07, 6.45) is -1.20. The van der Waals surface area contributed by atoms with Gasteiger partial charge in [-0.25, -0.2) is 0 Å². The van der Waals surface area contributed by atoms with E-state index in [0.29, 0.717) is 5.56 Å². The summed E-state index contributed by atoms with van der Waals surface area (Å²) in [6, 6.07) is 13.7. The van der Waals surface area contributed by atoms with Gasteiger partial charge in [-0.1, -0.05) is 30.3 Å². The van der Waals surface area contributed by atoms with Crippen molar-refractivity contribution in [3.05, 3.63) is 76.9 Å². The molecule has 0 aliphatic heterocycles. The number of benzene rings is 2. The fourth-order valence-electron chi connectivity index (χ4n) is 2.11. The zero-order chi connectivity index (χ0) is 16.8. The molecule has 2 aromatic carbocycles. The molecule has 0 saturated carbocycles. The Morgan fingerprint density at radius 2 is 1.74 bits per heavy atom. The highest BCUT2D eigenvalue weighted by Gasteiger charge is 2.31. The standard InChI is InChI=1S/C16H15I2NO4/c17-13-6-12(7-14(18)8-13)16(20)15(19(21)22)10-23-9-11-4-2-1-3-5-11/h1-8,15-16,20H,9-10H2/t15-,16+/m0/s1. The Hall–Kier alpha value is -0.780. The zero-order valence-electron chi connectivity index (χ0n) is 12.1. The van der Waals surface area contributed by atoms with Crippen LogP contribution in [0.5, 0.6) is 0 Å². The van der Waals surface area contributed by atoms with Gasteiger partial charge in [0, 0.05) is 12.1 Å². The van der Waals surface area contributed by atoms with Crippen molar-refractivity contribution in [1.29, 1.82) is 0 Å². The minimum Gasteiger partial charge on any atom is -0.381 e. The molecule has 0 fully saturated rings. The molecule has 0 aliphatic rings. The minimum absolute atomic E-state index is 0.148. The van der Waals surface area contributed by atoms with E-state index in [1.165, 1.54) is 0 Å². The second-order valence-corrected chi connectivity index (χ2v) is 7.49. The molecule has 5 nitrogen and oxygen atoms in total. The quantitative estimate of drug-likeness (QED) is 0.331. The van der Waals surface area contributed by atoms with Crippen molar-refractivity contribution in [3.8, 4) is 0 Å². The van der Waals surface area contributed by atoms with Gasteiger partial charge in [0.1, 0.15) is 12.7 Å². The third-order valence-electron chi connectivity index (χ3n) is 3.26. The minimum atomic E-state index is -1.20. The Labute approximate surface area is 161 Å². The van der Waals surface area contributed by atoms with Crippen molar-refractivity contribution in [2.24, 2.45) is 0 Å². The lowest BCUT2D eigenvalue weighted by Gasteiger charge is -2.17. The van der Waals surface area contributed by atoms with E-state index in [2.05, 4.69) is 45.2 Å².